The molecule has 0 fully saturated rings. The molecule has 1 N–H and O–H groups in total. The molecule has 0 bridgehead atoms. The van der Waals surface area contributed by atoms with Crippen molar-refractivity contribution in [1.82, 2.24) is 0 Å². The topological polar surface area (TPSA) is 72.5 Å². The summed E-state index contributed by atoms with van der Waals surface area (Å²) < 4.78 is 34.0. The Kier molecular flexibility index (Phi) is 6.08. The number of benzene rings is 2. The van der Waals surface area contributed by atoms with Crippen LogP contribution in [0.15, 0.2) is 41.3 Å². The first-order valence-electron chi connectivity index (χ1n) is 8.57. The highest BCUT2D eigenvalue weighted by Gasteiger charge is 2.22. The number of anilines is 1. The fourth-order valence-corrected chi connectivity index (χ4v) is 3.98. The number of Topliss-reactive ketones (excluding diaryl/α,β-unsaturated/α-hetero) is 1. The molecule has 0 atom stereocenters. The Bertz CT molecular complexity index is 900. The first-order valence-corrected chi connectivity index (χ1v) is 10.0. The zero-order valence-corrected chi connectivity index (χ0v) is 16.6. The van der Waals surface area contributed by atoms with Crippen LogP contribution in [0.4, 0.5) is 5.69 Å². The Balaban J connectivity index is 2.46. The van der Waals surface area contributed by atoms with E-state index in [1.54, 1.807) is 36.4 Å². The second-order valence-corrected chi connectivity index (χ2v) is 8.13. The number of hydrogen-bond donors (Lipinski definition) is 1. The van der Waals surface area contributed by atoms with Gasteiger partial charge in [0, 0.05) is 11.3 Å². The fourth-order valence-electron chi connectivity index (χ4n) is 2.76. The van der Waals surface area contributed by atoms with Gasteiger partial charge in [-0.25, -0.2) is 8.42 Å². The molecule has 0 saturated heterocycles. The highest BCUT2D eigenvalue weighted by atomic mass is 32.2. The van der Waals surface area contributed by atoms with E-state index in [0.717, 1.165) is 11.1 Å². The summed E-state index contributed by atoms with van der Waals surface area (Å²) in [7, 11) is -3.83. The van der Waals surface area contributed by atoms with Gasteiger partial charge >= 0.3 is 0 Å². The summed E-state index contributed by atoms with van der Waals surface area (Å²) in [6.45, 7) is 9.64. The minimum Gasteiger partial charge on any atom is -0.492 e. The van der Waals surface area contributed by atoms with Gasteiger partial charge in [-0.2, -0.15) is 0 Å². The van der Waals surface area contributed by atoms with E-state index in [4.69, 9.17) is 4.74 Å². The van der Waals surface area contributed by atoms with Crippen LogP contribution in [0.3, 0.4) is 0 Å². The van der Waals surface area contributed by atoms with Gasteiger partial charge in [-0.05, 0) is 74.2 Å². The third-order valence-electron chi connectivity index (χ3n) is 4.09. The average molecular weight is 375 g/mol. The molecule has 6 heteroatoms. The molecule has 0 aliphatic rings. The molecule has 0 aromatic heterocycles. The Morgan fingerprint density at radius 2 is 1.77 bits per heavy atom. The van der Waals surface area contributed by atoms with Gasteiger partial charge in [-0.15, -0.1) is 0 Å². The van der Waals surface area contributed by atoms with Crippen molar-refractivity contribution in [3.05, 3.63) is 53.1 Å². The van der Waals surface area contributed by atoms with Gasteiger partial charge in [0.15, 0.2) is 5.78 Å². The summed E-state index contributed by atoms with van der Waals surface area (Å²) in [5, 5.41) is 0. The number of rotatable bonds is 7. The van der Waals surface area contributed by atoms with Crippen LogP contribution in [0, 0.1) is 6.92 Å². The molecule has 0 heterocycles. The Morgan fingerprint density at radius 3 is 2.27 bits per heavy atom. The molecule has 0 radical (unpaired) electrons. The molecule has 2 aromatic carbocycles. The molecule has 2 rings (SSSR count). The van der Waals surface area contributed by atoms with Crippen molar-refractivity contribution < 1.29 is 17.9 Å². The van der Waals surface area contributed by atoms with Crippen molar-refractivity contribution in [2.75, 3.05) is 11.3 Å². The van der Waals surface area contributed by atoms with Gasteiger partial charge in [0.1, 0.15) is 10.6 Å². The molecule has 0 spiro atoms. The monoisotopic (exact) mass is 375 g/mol. The van der Waals surface area contributed by atoms with Crippen LogP contribution in [0.5, 0.6) is 5.75 Å². The standard InChI is InChI=1S/C20H25NO4S/c1-6-25-19-11-14(4)18(13(2)3)12-20(19)26(23,24)21-17-9-7-16(8-10-17)15(5)22/h7-13,21H,6H2,1-5H3. The number of aryl methyl sites for hydroxylation is 1. The van der Waals surface area contributed by atoms with Crippen LogP contribution in [-0.4, -0.2) is 20.8 Å². The Labute approximate surface area is 155 Å². The summed E-state index contributed by atoms with van der Waals surface area (Å²) in [4.78, 5) is 11.5. The van der Waals surface area contributed by atoms with Crippen molar-refractivity contribution in [2.45, 2.75) is 45.4 Å². The maximum atomic E-state index is 12.9. The lowest BCUT2D eigenvalue weighted by atomic mass is 9.98. The van der Waals surface area contributed by atoms with E-state index in [0.29, 0.717) is 23.6 Å². The minimum absolute atomic E-state index is 0.0712. The predicted molar refractivity (Wildman–Crippen MR) is 104 cm³/mol. The van der Waals surface area contributed by atoms with Crippen molar-refractivity contribution in [3.63, 3.8) is 0 Å². The summed E-state index contributed by atoms with van der Waals surface area (Å²) >= 11 is 0. The fraction of sp³-hybridized carbons (Fsp3) is 0.350. The SMILES string of the molecule is CCOc1cc(C)c(C(C)C)cc1S(=O)(=O)Nc1ccc(C(C)=O)cc1. The van der Waals surface area contributed by atoms with E-state index >= 15 is 0 Å². The third kappa shape index (κ3) is 4.43. The van der Waals surface area contributed by atoms with Gasteiger partial charge in [-0.1, -0.05) is 13.8 Å². The minimum atomic E-state index is -3.83. The smallest absolute Gasteiger partial charge is 0.265 e. The average Bonchev–Trinajstić information content (AvgIpc) is 2.54. The zero-order chi connectivity index (χ0) is 19.5. The Hall–Kier alpha value is -2.34. The summed E-state index contributed by atoms with van der Waals surface area (Å²) in [6, 6.07) is 9.79. The first kappa shape index (κ1) is 20.0. The number of nitrogens with one attached hydrogen (secondary N) is 1. The van der Waals surface area contributed by atoms with E-state index in [1.807, 2.05) is 27.7 Å². The lowest BCUT2D eigenvalue weighted by Crippen LogP contribution is -2.15. The molecule has 140 valence electrons. The molecule has 0 unspecified atom stereocenters. The van der Waals surface area contributed by atoms with Gasteiger partial charge in [-0.3, -0.25) is 9.52 Å². The highest BCUT2D eigenvalue weighted by molar-refractivity contribution is 7.92. The normalized spacial score (nSPS) is 11.5. The highest BCUT2D eigenvalue weighted by Crippen LogP contribution is 2.32. The number of hydrogen-bond acceptors (Lipinski definition) is 4. The second kappa shape index (κ2) is 7.91. The van der Waals surface area contributed by atoms with Crippen LogP contribution in [0.25, 0.3) is 0 Å². The first-order chi connectivity index (χ1) is 12.2. The van der Waals surface area contributed by atoms with Gasteiger partial charge in [0.2, 0.25) is 0 Å². The maximum Gasteiger partial charge on any atom is 0.265 e. The van der Waals surface area contributed by atoms with Crippen LogP contribution < -0.4 is 9.46 Å². The summed E-state index contributed by atoms with van der Waals surface area (Å²) in [5.74, 6) is 0.454. The van der Waals surface area contributed by atoms with Crippen LogP contribution in [0.2, 0.25) is 0 Å². The largest absolute Gasteiger partial charge is 0.492 e. The third-order valence-corrected chi connectivity index (χ3v) is 5.49. The van der Waals surface area contributed by atoms with E-state index < -0.39 is 10.0 Å². The number of ether oxygens (including phenoxy) is 1. The van der Waals surface area contributed by atoms with E-state index in [-0.39, 0.29) is 16.6 Å². The molecular formula is C20H25NO4S. The number of ketones is 1. The van der Waals surface area contributed by atoms with Crippen LogP contribution >= 0.6 is 0 Å². The summed E-state index contributed by atoms with van der Waals surface area (Å²) in [5.41, 5.74) is 2.87. The molecular weight excluding hydrogens is 350 g/mol. The lowest BCUT2D eigenvalue weighted by Gasteiger charge is -2.17. The molecule has 5 nitrogen and oxygen atoms in total. The molecule has 0 aliphatic heterocycles. The second-order valence-electron chi connectivity index (χ2n) is 6.48. The molecule has 0 aliphatic carbocycles. The number of carbonyl (C=O) groups excluding carboxylic acids is 1. The summed E-state index contributed by atoms with van der Waals surface area (Å²) in [6.07, 6.45) is 0. The molecule has 26 heavy (non-hydrogen) atoms. The Morgan fingerprint density at radius 1 is 1.15 bits per heavy atom. The van der Waals surface area contributed by atoms with E-state index in [2.05, 4.69) is 4.72 Å². The van der Waals surface area contributed by atoms with Gasteiger partial charge < -0.3 is 4.74 Å². The number of carbonyl (C=O) groups is 1. The van der Waals surface area contributed by atoms with Gasteiger partial charge in [0.25, 0.3) is 10.0 Å². The van der Waals surface area contributed by atoms with Crippen molar-refractivity contribution in [2.24, 2.45) is 0 Å². The molecule has 0 saturated carbocycles. The molecule has 0 amide bonds. The number of sulfonamides is 1. The van der Waals surface area contributed by atoms with Crippen LogP contribution in [0.1, 0.15) is 55.1 Å². The van der Waals surface area contributed by atoms with Gasteiger partial charge in [0.05, 0.1) is 6.61 Å². The van der Waals surface area contributed by atoms with Crippen molar-refractivity contribution in [1.29, 1.82) is 0 Å². The zero-order valence-electron chi connectivity index (χ0n) is 15.8. The van der Waals surface area contributed by atoms with E-state index in [9.17, 15) is 13.2 Å². The molecule has 2 aromatic rings. The maximum absolute atomic E-state index is 12.9. The predicted octanol–water partition coefficient (Wildman–Crippen LogP) is 4.52. The quantitative estimate of drug-likeness (QED) is 0.722. The van der Waals surface area contributed by atoms with E-state index in [1.165, 1.54) is 6.92 Å². The lowest BCUT2D eigenvalue weighted by molar-refractivity contribution is 0.101. The van der Waals surface area contributed by atoms with Crippen molar-refractivity contribution >= 4 is 21.5 Å². The van der Waals surface area contributed by atoms with Crippen LogP contribution in [-0.2, 0) is 10.0 Å². The van der Waals surface area contributed by atoms with Crippen molar-refractivity contribution in [3.8, 4) is 5.75 Å².